The molecule has 2 aromatic rings. The van der Waals surface area contributed by atoms with Crippen molar-refractivity contribution in [2.45, 2.75) is 52.5 Å². The van der Waals surface area contributed by atoms with E-state index in [1.807, 2.05) is 36.6 Å². The molecule has 4 rings (SSSR count). The van der Waals surface area contributed by atoms with Crippen LogP contribution in [0, 0.1) is 0 Å². The number of carbonyl (C=O) groups is 1. The third-order valence-corrected chi connectivity index (χ3v) is 7.82. The second-order valence-corrected chi connectivity index (χ2v) is 10.3. The van der Waals surface area contributed by atoms with Gasteiger partial charge in [0.1, 0.15) is 4.32 Å². The molecular weight excluding hydrogens is 466 g/mol. The van der Waals surface area contributed by atoms with Crippen molar-refractivity contribution in [3.8, 4) is 0 Å². The second kappa shape index (κ2) is 11.5. The summed E-state index contributed by atoms with van der Waals surface area (Å²) in [5.41, 5.74) is 2.43. The Labute approximate surface area is 210 Å². The van der Waals surface area contributed by atoms with Gasteiger partial charge < -0.3 is 14.2 Å². The van der Waals surface area contributed by atoms with Gasteiger partial charge in [-0.05, 0) is 45.3 Å². The van der Waals surface area contributed by atoms with Crippen molar-refractivity contribution in [2.75, 3.05) is 37.7 Å². The van der Waals surface area contributed by atoms with E-state index in [4.69, 9.17) is 17.0 Å². The number of fused-ring (bicyclic) bond motifs is 1. The number of aromatic nitrogens is 1. The average molecular weight is 500 g/mol. The lowest BCUT2D eigenvalue weighted by atomic mass is 10.1. The van der Waals surface area contributed by atoms with Crippen LogP contribution in [0.4, 0.5) is 5.69 Å². The molecule has 0 saturated carbocycles. The van der Waals surface area contributed by atoms with E-state index in [-0.39, 0.29) is 11.5 Å². The molecule has 1 amide bonds. The monoisotopic (exact) mass is 499 g/mol. The zero-order chi connectivity index (χ0) is 24.1. The van der Waals surface area contributed by atoms with Crippen LogP contribution in [-0.2, 0) is 16.1 Å². The number of thioether (sulfide) groups is 1. The zero-order valence-electron chi connectivity index (χ0n) is 20.0. The average Bonchev–Trinajstić information content (AvgIpc) is 3.01. The maximum absolute atomic E-state index is 13.8. The molecule has 2 saturated heterocycles. The van der Waals surface area contributed by atoms with Crippen molar-refractivity contribution in [3.63, 3.8) is 0 Å². The molecule has 8 heteroatoms. The van der Waals surface area contributed by atoms with Gasteiger partial charge in [0.15, 0.2) is 0 Å². The summed E-state index contributed by atoms with van der Waals surface area (Å²) in [5.74, 6) is -0.121. The van der Waals surface area contributed by atoms with Gasteiger partial charge in [0.25, 0.3) is 11.5 Å². The van der Waals surface area contributed by atoms with Crippen LogP contribution in [0.15, 0.2) is 34.0 Å². The fourth-order valence-electron chi connectivity index (χ4n) is 4.78. The van der Waals surface area contributed by atoms with Gasteiger partial charge in [0.2, 0.25) is 0 Å². The summed E-state index contributed by atoms with van der Waals surface area (Å²) in [6.07, 6.45) is 7.14. The summed E-state index contributed by atoms with van der Waals surface area (Å²) < 4.78 is 7.76. The van der Waals surface area contributed by atoms with Crippen molar-refractivity contribution in [2.24, 2.45) is 0 Å². The second-order valence-electron chi connectivity index (χ2n) is 8.61. The molecular formula is C26H33N3O3S2. The van der Waals surface area contributed by atoms with Crippen molar-refractivity contribution in [3.05, 3.63) is 45.1 Å². The molecule has 2 aliphatic heterocycles. The molecule has 1 aromatic carbocycles. The summed E-state index contributed by atoms with van der Waals surface area (Å²) in [6, 6.07) is 8.11. The number of carbonyl (C=O) groups excluding carboxylic acids is 1. The first-order chi connectivity index (χ1) is 16.6. The molecule has 34 heavy (non-hydrogen) atoms. The minimum absolute atomic E-state index is 0.0536. The number of nitrogens with zero attached hydrogens (tertiary/aromatic N) is 3. The maximum Gasteiger partial charge on any atom is 0.266 e. The van der Waals surface area contributed by atoms with E-state index in [0.717, 1.165) is 48.9 Å². The number of rotatable bonds is 8. The maximum atomic E-state index is 13.8. The largest absolute Gasteiger partial charge is 0.382 e. The summed E-state index contributed by atoms with van der Waals surface area (Å²) in [6.45, 7) is 8.12. The Morgan fingerprint density at radius 1 is 1.09 bits per heavy atom. The highest BCUT2D eigenvalue weighted by Gasteiger charge is 2.32. The number of amides is 1. The molecule has 2 aliphatic rings. The van der Waals surface area contributed by atoms with Crippen LogP contribution >= 0.6 is 24.0 Å². The van der Waals surface area contributed by atoms with E-state index in [1.54, 1.807) is 11.0 Å². The Kier molecular flexibility index (Phi) is 8.45. The minimum atomic E-state index is -0.121. The van der Waals surface area contributed by atoms with E-state index in [2.05, 4.69) is 11.0 Å². The number of anilines is 1. The molecule has 0 radical (unpaired) electrons. The molecule has 1 aromatic heterocycles. The number of para-hydroxylation sites is 1. The first-order valence-electron chi connectivity index (χ1n) is 12.3. The quantitative estimate of drug-likeness (QED) is 0.289. The number of hydrogen-bond acceptors (Lipinski definition) is 6. The van der Waals surface area contributed by atoms with Crippen molar-refractivity contribution in [1.29, 1.82) is 0 Å². The Bertz CT molecular complexity index is 1150. The van der Waals surface area contributed by atoms with Gasteiger partial charge in [-0.15, -0.1) is 0 Å². The van der Waals surface area contributed by atoms with Crippen molar-refractivity contribution >= 4 is 56.9 Å². The van der Waals surface area contributed by atoms with Gasteiger partial charge in [-0.1, -0.05) is 55.0 Å². The van der Waals surface area contributed by atoms with E-state index in [0.29, 0.717) is 41.1 Å². The fraction of sp³-hybridized carbons (Fsp3) is 0.500. The van der Waals surface area contributed by atoms with E-state index < -0.39 is 0 Å². The number of pyridine rings is 1. The predicted molar refractivity (Wildman–Crippen MR) is 146 cm³/mol. The first-order valence-corrected chi connectivity index (χ1v) is 13.5. The van der Waals surface area contributed by atoms with Crippen LogP contribution in [0.2, 0.25) is 0 Å². The van der Waals surface area contributed by atoms with Crippen LogP contribution < -0.4 is 10.5 Å². The normalized spacial score (nSPS) is 18.4. The van der Waals surface area contributed by atoms with Crippen LogP contribution in [0.3, 0.4) is 0 Å². The molecule has 0 atom stereocenters. The van der Waals surface area contributed by atoms with Crippen LogP contribution in [0.25, 0.3) is 17.0 Å². The predicted octanol–water partition coefficient (Wildman–Crippen LogP) is 5.03. The number of hydrogen-bond donors (Lipinski definition) is 0. The summed E-state index contributed by atoms with van der Waals surface area (Å²) in [7, 11) is 0. The topological polar surface area (TPSA) is 54.8 Å². The van der Waals surface area contributed by atoms with Gasteiger partial charge in [0.05, 0.1) is 21.7 Å². The van der Waals surface area contributed by atoms with Crippen LogP contribution in [-0.4, -0.2) is 52.5 Å². The Morgan fingerprint density at radius 2 is 1.82 bits per heavy atom. The van der Waals surface area contributed by atoms with Crippen LogP contribution in [0.1, 0.15) is 51.5 Å². The molecule has 0 aliphatic carbocycles. The molecule has 182 valence electrons. The molecule has 0 spiro atoms. The zero-order valence-corrected chi connectivity index (χ0v) is 21.7. The molecule has 0 unspecified atom stereocenters. The summed E-state index contributed by atoms with van der Waals surface area (Å²) in [4.78, 5) is 31.5. The van der Waals surface area contributed by atoms with E-state index in [1.165, 1.54) is 24.6 Å². The van der Waals surface area contributed by atoms with E-state index in [9.17, 15) is 9.59 Å². The van der Waals surface area contributed by atoms with Crippen molar-refractivity contribution < 1.29 is 9.53 Å². The summed E-state index contributed by atoms with van der Waals surface area (Å²) >= 11 is 6.80. The highest BCUT2D eigenvalue weighted by molar-refractivity contribution is 8.26. The lowest BCUT2D eigenvalue weighted by Gasteiger charge is -2.27. The van der Waals surface area contributed by atoms with Gasteiger partial charge >= 0.3 is 0 Å². The molecule has 3 heterocycles. The molecule has 0 bridgehead atoms. The fourth-order valence-corrected chi connectivity index (χ4v) is 6.07. The lowest BCUT2D eigenvalue weighted by molar-refractivity contribution is -0.122. The standard InChI is InChI=1S/C26H33N3O3S2/c1-3-28-21-13-8-7-12-19(21)23(27-14-9-5-6-10-15-27)20(24(28)30)18-22-25(31)29(26(33)34-22)16-11-17-32-4-2/h7-8,12-13,18H,3-6,9-11,14-17H2,1-2H3. The first kappa shape index (κ1) is 24.9. The minimum Gasteiger partial charge on any atom is -0.382 e. The highest BCUT2D eigenvalue weighted by atomic mass is 32.2. The Morgan fingerprint density at radius 3 is 2.53 bits per heavy atom. The lowest BCUT2D eigenvalue weighted by Crippen LogP contribution is -2.31. The number of thiocarbonyl (C=S) groups is 1. The number of ether oxygens (including phenoxy) is 1. The molecule has 2 fully saturated rings. The Hall–Kier alpha value is -2.16. The summed E-state index contributed by atoms with van der Waals surface area (Å²) in [5, 5.41) is 1.06. The SMILES string of the molecule is CCOCCCN1C(=O)C(=Cc2c(N3CCCCCC3)c3ccccc3n(CC)c2=O)SC1=S. The van der Waals surface area contributed by atoms with Gasteiger partial charge in [0, 0.05) is 44.8 Å². The number of aryl methyl sites for hydroxylation is 1. The highest BCUT2D eigenvalue weighted by Crippen LogP contribution is 2.36. The molecule has 6 nitrogen and oxygen atoms in total. The van der Waals surface area contributed by atoms with Gasteiger partial charge in [-0.25, -0.2) is 0 Å². The third-order valence-electron chi connectivity index (χ3n) is 6.44. The smallest absolute Gasteiger partial charge is 0.266 e. The van der Waals surface area contributed by atoms with Crippen LogP contribution in [0.5, 0.6) is 0 Å². The van der Waals surface area contributed by atoms with E-state index >= 15 is 0 Å². The van der Waals surface area contributed by atoms with Gasteiger partial charge in [-0.2, -0.15) is 0 Å². The number of benzene rings is 1. The third kappa shape index (κ3) is 5.09. The molecule has 0 N–H and O–H groups in total. The Balaban J connectivity index is 1.80. The van der Waals surface area contributed by atoms with Gasteiger partial charge in [-0.3, -0.25) is 14.5 Å². The van der Waals surface area contributed by atoms with Crippen molar-refractivity contribution in [1.82, 2.24) is 9.47 Å².